The van der Waals surface area contributed by atoms with E-state index >= 15 is 4.39 Å². The monoisotopic (exact) mass is 636 g/mol. The van der Waals surface area contributed by atoms with Gasteiger partial charge in [0.05, 0.1) is 15.8 Å². The Hall–Kier alpha value is -3.68. The fraction of sp³-hybridized carbons (Fsp3) is 0.469. The minimum Gasteiger partial charge on any atom is -0.508 e. The molecule has 0 saturated carbocycles. The van der Waals surface area contributed by atoms with Crippen LogP contribution < -0.4 is 15.0 Å². The molecule has 0 unspecified atom stereocenters. The molecule has 13 heteroatoms. The summed E-state index contributed by atoms with van der Waals surface area (Å²) in [5, 5.41) is 15.3. The first-order valence-electron chi connectivity index (χ1n) is 15.4. The number of hydrogen-bond acceptors (Lipinski definition) is 10. The molecule has 2 aromatic heterocycles. The summed E-state index contributed by atoms with van der Waals surface area (Å²) in [5.41, 5.74) is -0.466. The Labute approximate surface area is 259 Å². The Kier molecular flexibility index (Phi) is 6.67. The first-order valence-corrected chi connectivity index (χ1v) is 17.3. The lowest BCUT2D eigenvalue weighted by molar-refractivity contribution is 0.107. The molecular formula is C32H34F2N6O4S. The zero-order valence-electron chi connectivity index (χ0n) is 24.8. The first kappa shape index (κ1) is 28.8. The standard InChI is InChI=1S/C32H34F2N6O4S/c1-45(42,43)25-5-2-4-18-10-22(41)11-23(26(18)25)28-27(34)29-24(13-35-28)30(39-15-20-6-7-21(16-39)36-20)38-31(37-29)44-17-32-8-3-9-40(32)14-19(33)12-32/h2,4-5,10-11,13,19-21,36,41H,3,6-9,12,14-17H2,1H3/t19-,20-,21+,32+/m1/s1. The van der Waals surface area contributed by atoms with Crippen molar-refractivity contribution in [2.75, 3.05) is 43.9 Å². The zero-order valence-corrected chi connectivity index (χ0v) is 25.7. The molecule has 2 N–H and O–H groups in total. The SMILES string of the molecule is CS(=O)(=O)c1cccc2cc(O)cc(-c3ncc4c(N5C[C@H]6CC[C@@H](C5)N6)nc(OC[C@@]56CCCN5C[C@H](F)C6)nc4c3F)c12. The molecule has 236 valence electrons. The van der Waals surface area contributed by atoms with Crippen LogP contribution in [0.5, 0.6) is 11.8 Å². The number of benzene rings is 2. The van der Waals surface area contributed by atoms with Gasteiger partial charge in [0.2, 0.25) is 0 Å². The van der Waals surface area contributed by atoms with Crippen molar-refractivity contribution in [3.05, 3.63) is 42.3 Å². The highest BCUT2D eigenvalue weighted by Crippen LogP contribution is 2.42. The fourth-order valence-corrected chi connectivity index (χ4v) is 8.93. The number of nitrogens with zero attached hydrogens (tertiary/aromatic N) is 5. The number of rotatable bonds is 6. The number of phenolic OH excluding ortho intramolecular Hbond substituents is 1. The van der Waals surface area contributed by atoms with Crippen LogP contribution in [0.1, 0.15) is 32.1 Å². The Morgan fingerprint density at radius 2 is 1.96 bits per heavy atom. The number of aromatic hydroxyl groups is 1. The van der Waals surface area contributed by atoms with E-state index in [1.165, 1.54) is 24.4 Å². The van der Waals surface area contributed by atoms with Crippen LogP contribution in [-0.4, -0.2) is 96.2 Å². The summed E-state index contributed by atoms with van der Waals surface area (Å²) in [4.78, 5) is 18.1. The van der Waals surface area contributed by atoms with E-state index in [0.717, 1.165) is 38.5 Å². The van der Waals surface area contributed by atoms with E-state index in [9.17, 15) is 17.9 Å². The average molecular weight is 637 g/mol. The van der Waals surface area contributed by atoms with Gasteiger partial charge in [0.25, 0.3) is 0 Å². The van der Waals surface area contributed by atoms with Crippen LogP contribution in [0.3, 0.4) is 0 Å². The van der Waals surface area contributed by atoms with Gasteiger partial charge in [0, 0.05) is 61.5 Å². The second-order valence-electron chi connectivity index (χ2n) is 13.0. The molecule has 0 amide bonds. The summed E-state index contributed by atoms with van der Waals surface area (Å²) < 4.78 is 63.0. The van der Waals surface area contributed by atoms with Gasteiger partial charge < -0.3 is 20.1 Å². The van der Waals surface area contributed by atoms with E-state index in [1.54, 1.807) is 12.1 Å². The van der Waals surface area contributed by atoms with Gasteiger partial charge in [0.15, 0.2) is 15.7 Å². The molecular weight excluding hydrogens is 602 g/mol. The Morgan fingerprint density at radius 3 is 2.73 bits per heavy atom. The molecule has 4 aromatic rings. The van der Waals surface area contributed by atoms with Crippen LogP contribution in [0.25, 0.3) is 32.9 Å². The van der Waals surface area contributed by atoms with Crippen molar-refractivity contribution in [1.29, 1.82) is 0 Å². The molecule has 0 radical (unpaired) electrons. The second kappa shape index (κ2) is 10.4. The molecule has 4 fully saturated rings. The number of alkyl halides is 1. The van der Waals surface area contributed by atoms with Crippen LogP contribution in [0.2, 0.25) is 0 Å². The van der Waals surface area contributed by atoms with Crippen LogP contribution in [0.4, 0.5) is 14.6 Å². The van der Waals surface area contributed by atoms with Crippen LogP contribution in [0, 0.1) is 5.82 Å². The number of fused-ring (bicyclic) bond motifs is 5. The number of piperazine rings is 1. The molecule has 4 aliphatic rings. The Balaban J connectivity index is 1.28. The van der Waals surface area contributed by atoms with Gasteiger partial charge in [-0.15, -0.1) is 0 Å². The maximum Gasteiger partial charge on any atom is 0.319 e. The lowest BCUT2D eigenvalue weighted by Gasteiger charge is -2.34. The zero-order chi connectivity index (χ0) is 31.1. The van der Waals surface area contributed by atoms with Gasteiger partial charge in [-0.3, -0.25) is 9.88 Å². The highest BCUT2D eigenvalue weighted by Gasteiger charge is 2.49. The van der Waals surface area contributed by atoms with Gasteiger partial charge in [0.1, 0.15) is 35.6 Å². The maximum atomic E-state index is 16.8. The first-order chi connectivity index (χ1) is 21.6. The van der Waals surface area contributed by atoms with Crippen molar-refractivity contribution in [2.45, 2.75) is 60.8 Å². The summed E-state index contributed by atoms with van der Waals surface area (Å²) >= 11 is 0. The quantitative estimate of drug-likeness (QED) is 0.322. The number of aromatic nitrogens is 3. The fourth-order valence-electron chi connectivity index (χ4n) is 8.01. The van der Waals surface area contributed by atoms with Crippen molar-refractivity contribution < 1.29 is 27.0 Å². The normalized spacial score (nSPS) is 26.6. The Bertz CT molecular complexity index is 1950. The maximum absolute atomic E-state index is 16.8. The third-order valence-electron chi connectivity index (χ3n) is 9.97. The molecule has 10 nitrogen and oxygen atoms in total. The molecule has 8 rings (SSSR count). The molecule has 4 aliphatic heterocycles. The lowest BCUT2D eigenvalue weighted by Crippen LogP contribution is -2.51. The number of hydrogen-bond donors (Lipinski definition) is 2. The molecule has 0 aliphatic carbocycles. The van der Waals surface area contributed by atoms with E-state index in [4.69, 9.17) is 9.72 Å². The number of pyridine rings is 1. The molecule has 4 atom stereocenters. The predicted octanol–water partition coefficient (Wildman–Crippen LogP) is 3.99. The summed E-state index contributed by atoms with van der Waals surface area (Å²) in [6, 6.07) is 8.03. The summed E-state index contributed by atoms with van der Waals surface area (Å²) in [6.07, 6.45) is 5.92. The third kappa shape index (κ3) is 4.86. The summed E-state index contributed by atoms with van der Waals surface area (Å²) in [6.45, 7) is 2.75. The van der Waals surface area contributed by atoms with Crippen LogP contribution in [0.15, 0.2) is 41.4 Å². The number of anilines is 1. The van der Waals surface area contributed by atoms with Gasteiger partial charge >= 0.3 is 6.01 Å². The highest BCUT2D eigenvalue weighted by molar-refractivity contribution is 7.91. The lowest BCUT2D eigenvalue weighted by atomic mass is 9.95. The predicted molar refractivity (Wildman–Crippen MR) is 166 cm³/mol. The van der Waals surface area contributed by atoms with Gasteiger partial charge in [-0.25, -0.2) is 17.2 Å². The number of nitrogens with one attached hydrogen (secondary N) is 1. The van der Waals surface area contributed by atoms with Crippen molar-refractivity contribution in [1.82, 2.24) is 25.2 Å². The number of phenols is 1. The summed E-state index contributed by atoms with van der Waals surface area (Å²) in [7, 11) is -3.71. The summed E-state index contributed by atoms with van der Waals surface area (Å²) in [5.74, 6) is -0.421. The van der Waals surface area contributed by atoms with Crippen LogP contribution in [-0.2, 0) is 9.84 Å². The Morgan fingerprint density at radius 1 is 1.16 bits per heavy atom. The van der Waals surface area contributed by atoms with Crippen molar-refractivity contribution in [3.63, 3.8) is 0 Å². The van der Waals surface area contributed by atoms with E-state index in [1.807, 2.05) is 0 Å². The molecule has 2 aromatic carbocycles. The van der Waals surface area contributed by atoms with Gasteiger partial charge in [-0.2, -0.15) is 9.97 Å². The average Bonchev–Trinajstić information content (AvgIpc) is 3.65. The minimum atomic E-state index is -3.71. The minimum absolute atomic E-state index is 0.000514. The van der Waals surface area contributed by atoms with E-state index < -0.39 is 27.4 Å². The molecule has 45 heavy (non-hydrogen) atoms. The van der Waals surface area contributed by atoms with Crippen molar-refractivity contribution >= 4 is 37.3 Å². The van der Waals surface area contributed by atoms with Gasteiger partial charge in [-0.1, -0.05) is 12.1 Å². The van der Waals surface area contributed by atoms with Crippen molar-refractivity contribution in [2.24, 2.45) is 0 Å². The molecule has 2 bridgehead atoms. The molecule has 6 heterocycles. The molecule has 0 spiro atoms. The van der Waals surface area contributed by atoms with Crippen LogP contribution >= 0.6 is 0 Å². The largest absolute Gasteiger partial charge is 0.508 e. The number of sulfone groups is 1. The molecule has 4 saturated heterocycles. The number of ether oxygens (including phenoxy) is 1. The third-order valence-corrected chi connectivity index (χ3v) is 11.1. The smallest absolute Gasteiger partial charge is 0.319 e. The highest BCUT2D eigenvalue weighted by atomic mass is 32.2. The second-order valence-corrected chi connectivity index (χ2v) is 15.0. The number of halogens is 2. The van der Waals surface area contributed by atoms with Crippen molar-refractivity contribution in [3.8, 4) is 23.0 Å². The topological polar surface area (TPSA) is 121 Å². The van der Waals surface area contributed by atoms with E-state index in [2.05, 4.69) is 25.1 Å². The van der Waals surface area contributed by atoms with E-state index in [-0.39, 0.29) is 57.5 Å². The van der Waals surface area contributed by atoms with Gasteiger partial charge in [-0.05, 0) is 55.8 Å². The van der Waals surface area contributed by atoms with E-state index in [0.29, 0.717) is 42.6 Å².